The minimum Gasteiger partial charge on any atom is -0.203 e. The van der Waals surface area contributed by atoms with Crippen LogP contribution < -0.4 is 0 Å². The van der Waals surface area contributed by atoms with Gasteiger partial charge in [0.15, 0.2) is 0 Å². The third-order valence-electron chi connectivity index (χ3n) is 3.31. The van der Waals surface area contributed by atoms with Gasteiger partial charge in [0, 0.05) is 6.42 Å². The van der Waals surface area contributed by atoms with Crippen molar-refractivity contribution in [3.05, 3.63) is 0 Å². The first kappa shape index (κ1) is 21.4. The fourth-order valence-electron chi connectivity index (χ4n) is 1.85. The van der Waals surface area contributed by atoms with Crippen LogP contribution in [0.3, 0.4) is 0 Å². The summed E-state index contributed by atoms with van der Waals surface area (Å²) in [5.41, 5.74) is -2.67. The minimum absolute atomic E-state index is 0.0461. The fourth-order valence-corrected chi connectivity index (χ4v) is 1.85. The molecule has 0 atom stereocenters. The van der Waals surface area contributed by atoms with Crippen LogP contribution in [0.5, 0.6) is 0 Å². The number of alkyl halides is 8. The summed E-state index contributed by atoms with van der Waals surface area (Å²) in [6, 6.07) is 2.25. The van der Waals surface area contributed by atoms with Gasteiger partial charge in [-0.1, -0.05) is 26.2 Å². The molecule has 0 aliphatic heterocycles. The molecule has 0 N–H and O–H groups in total. The van der Waals surface area contributed by atoms with E-state index in [1.165, 1.54) is 0 Å². The second-order valence-electron chi connectivity index (χ2n) is 5.14. The first-order valence-electron chi connectivity index (χ1n) is 6.57. The highest BCUT2D eigenvalue weighted by Gasteiger charge is 2.76. The quantitative estimate of drug-likeness (QED) is 0.426. The Morgan fingerprint density at radius 1 is 0.913 bits per heavy atom. The minimum atomic E-state index is -6.40. The molecular weight excluding hydrogens is 336 g/mol. The first-order valence-corrected chi connectivity index (χ1v) is 6.57. The molecule has 0 aromatic carbocycles. The van der Waals surface area contributed by atoms with Gasteiger partial charge in [0.05, 0.1) is 12.1 Å². The van der Waals surface area contributed by atoms with E-state index < -0.39 is 42.4 Å². The van der Waals surface area contributed by atoms with E-state index in [2.05, 4.69) is 0 Å². The average Bonchev–Trinajstić information content (AvgIpc) is 2.45. The molecule has 0 amide bonds. The molecule has 0 heterocycles. The van der Waals surface area contributed by atoms with Gasteiger partial charge in [-0.25, -0.2) is 8.78 Å². The van der Waals surface area contributed by atoms with E-state index in [0.29, 0.717) is 12.8 Å². The van der Waals surface area contributed by atoms with Crippen LogP contribution in [-0.4, -0.2) is 24.2 Å². The van der Waals surface area contributed by atoms with Crippen molar-refractivity contribution in [2.24, 2.45) is 5.41 Å². The van der Waals surface area contributed by atoms with E-state index in [9.17, 15) is 35.1 Å². The molecule has 10 heteroatoms. The van der Waals surface area contributed by atoms with Crippen LogP contribution in [0.1, 0.15) is 39.0 Å². The van der Waals surface area contributed by atoms with Gasteiger partial charge in [0.1, 0.15) is 5.41 Å². The van der Waals surface area contributed by atoms with E-state index in [-0.39, 0.29) is 6.42 Å². The van der Waals surface area contributed by atoms with Crippen molar-refractivity contribution in [3.63, 3.8) is 0 Å². The molecule has 0 fully saturated rings. The van der Waals surface area contributed by atoms with Crippen LogP contribution in [0, 0.1) is 28.1 Å². The number of rotatable bonds is 9. The van der Waals surface area contributed by atoms with Crippen molar-refractivity contribution in [1.29, 1.82) is 10.5 Å². The van der Waals surface area contributed by atoms with Crippen LogP contribution in [0.2, 0.25) is 0 Å². The Balaban J connectivity index is 5.57. The van der Waals surface area contributed by atoms with Gasteiger partial charge in [-0.3, -0.25) is 0 Å². The molecule has 0 spiro atoms. The van der Waals surface area contributed by atoms with E-state index in [1.54, 1.807) is 6.92 Å². The summed E-state index contributed by atoms with van der Waals surface area (Å²) in [4.78, 5) is 0. The monoisotopic (exact) mass is 350 g/mol. The summed E-state index contributed by atoms with van der Waals surface area (Å²) < 4.78 is 103. The first-order chi connectivity index (χ1) is 10.3. The zero-order chi connectivity index (χ0) is 18.5. The summed E-state index contributed by atoms with van der Waals surface area (Å²) in [5.74, 6) is -18.4. The largest absolute Gasteiger partial charge is 0.377 e. The Bertz CT molecular complexity index is 461. The van der Waals surface area contributed by atoms with E-state index in [1.807, 2.05) is 0 Å². The van der Waals surface area contributed by atoms with Crippen molar-refractivity contribution in [2.75, 3.05) is 0 Å². The summed E-state index contributed by atoms with van der Waals surface area (Å²) in [6.45, 7) is 1.70. The lowest BCUT2D eigenvalue weighted by Crippen LogP contribution is -2.58. The molecule has 0 radical (unpaired) electrons. The highest BCUT2D eigenvalue weighted by atomic mass is 19.4. The number of hydrogen-bond acceptors (Lipinski definition) is 2. The maximum Gasteiger partial charge on any atom is 0.377 e. The van der Waals surface area contributed by atoms with Crippen LogP contribution in [0.4, 0.5) is 35.1 Å². The maximum atomic E-state index is 13.6. The summed E-state index contributed by atoms with van der Waals surface area (Å²) in [6.07, 6.45) is -6.85. The normalized spacial score (nSPS) is 13.7. The summed E-state index contributed by atoms with van der Waals surface area (Å²) in [5, 5.41) is 17.7. The molecule has 0 bridgehead atoms. The van der Waals surface area contributed by atoms with E-state index in [0.717, 1.165) is 12.1 Å². The lowest BCUT2D eigenvalue weighted by atomic mass is 9.78. The molecule has 0 aliphatic rings. The Hall–Kier alpha value is -1.58. The number of hydrogen-bond donors (Lipinski definition) is 0. The smallest absolute Gasteiger partial charge is 0.203 e. The number of nitriles is 2. The van der Waals surface area contributed by atoms with Crippen LogP contribution in [0.15, 0.2) is 0 Å². The van der Waals surface area contributed by atoms with Crippen molar-refractivity contribution in [3.8, 4) is 12.1 Å². The molecule has 0 aromatic heterocycles. The van der Waals surface area contributed by atoms with Crippen molar-refractivity contribution in [2.45, 2.75) is 63.2 Å². The molecular formula is C13H14F8N2. The summed E-state index contributed by atoms with van der Waals surface area (Å²) in [7, 11) is 0. The van der Waals surface area contributed by atoms with Crippen LogP contribution in [0.25, 0.3) is 0 Å². The van der Waals surface area contributed by atoms with Gasteiger partial charge in [0.2, 0.25) is 0 Å². The van der Waals surface area contributed by atoms with Gasteiger partial charge < -0.3 is 0 Å². The lowest BCUT2D eigenvalue weighted by Gasteiger charge is -2.34. The van der Waals surface area contributed by atoms with Crippen LogP contribution >= 0.6 is 0 Å². The third-order valence-corrected chi connectivity index (χ3v) is 3.31. The van der Waals surface area contributed by atoms with Crippen molar-refractivity contribution >= 4 is 0 Å². The molecule has 0 rings (SSSR count). The molecule has 0 aliphatic carbocycles. The Morgan fingerprint density at radius 2 is 1.39 bits per heavy atom. The lowest BCUT2D eigenvalue weighted by molar-refractivity contribution is -0.342. The van der Waals surface area contributed by atoms with Gasteiger partial charge in [-0.2, -0.15) is 36.9 Å². The molecule has 0 aromatic rings. The van der Waals surface area contributed by atoms with E-state index >= 15 is 0 Å². The van der Waals surface area contributed by atoms with Gasteiger partial charge >= 0.3 is 24.2 Å². The fraction of sp³-hybridized carbons (Fsp3) is 0.846. The van der Waals surface area contributed by atoms with Gasteiger partial charge in [-0.05, 0) is 6.42 Å². The van der Waals surface area contributed by atoms with Crippen molar-refractivity contribution < 1.29 is 35.1 Å². The Morgan fingerprint density at radius 3 is 1.74 bits per heavy atom. The number of nitrogens with zero attached hydrogens (tertiary/aromatic N) is 2. The predicted octanol–water partition coefficient (Wildman–Crippen LogP) is 5.16. The topological polar surface area (TPSA) is 47.6 Å². The molecule has 0 unspecified atom stereocenters. The summed E-state index contributed by atoms with van der Waals surface area (Å²) >= 11 is 0. The Labute approximate surface area is 127 Å². The average molecular weight is 350 g/mol. The zero-order valence-electron chi connectivity index (χ0n) is 12.0. The predicted molar refractivity (Wildman–Crippen MR) is 63.3 cm³/mol. The second-order valence-corrected chi connectivity index (χ2v) is 5.14. The van der Waals surface area contributed by atoms with Gasteiger partial charge in [-0.15, -0.1) is 0 Å². The number of unbranched alkanes of at least 4 members (excludes halogenated alkanes) is 2. The molecule has 0 saturated carbocycles. The second kappa shape index (κ2) is 7.33. The van der Waals surface area contributed by atoms with E-state index in [4.69, 9.17) is 10.5 Å². The zero-order valence-corrected chi connectivity index (χ0v) is 12.0. The van der Waals surface area contributed by atoms with Crippen molar-refractivity contribution in [1.82, 2.24) is 0 Å². The SMILES string of the molecule is CCCCCC(C#N)(C#N)CC(F)(F)C(F)(F)C(F)(F)C(F)F. The third kappa shape index (κ3) is 4.24. The number of halogens is 8. The molecule has 132 valence electrons. The van der Waals surface area contributed by atoms with Gasteiger partial charge in [0.25, 0.3) is 0 Å². The standard InChI is InChI=1S/C13H14F8N2/c1-2-3-4-5-10(7-22,8-23)6-11(16,17)13(20,21)12(18,19)9(14)15/h9H,2-6H2,1H3. The molecule has 2 nitrogen and oxygen atoms in total. The highest BCUT2D eigenvalue weighted by Crippen LogP contribution is 2.52. The molecule has 0 saturated heterocycles. The maximum absolute atomic E-state index is 13.6. The van der Waals surface area contributed by atoms with Crippen LogP contribution in [-0.2, 0) is 0 Å². The highest BCUT2D eigenvalue weighted by molar-refractivity contribution is 5.17. The Kier molecular flexibility index (Phi) is 6.82. The molecule has 23 heavy (non-hydrogen) atoms.